The number of aryl methyl sites for hydroxylation is 1. The van der Waals surface area contributed by atoms with Crippen LogP contribution in [0.1, 0.15) is 11.7 Å². The van der Waals surface area contributed by atoms with Gasteiger partial charge in [-0.2, -0.15) is 5.10 Å². The summed E-state index contributed by atoms with van der Waals surface area (Å²) in [7, 11) is 3.62. The fraction of sp³-hybridized carbons (Fsp3) is 0.471. The van der Waals surface area contributed by atoms with E-state index in [0.717, 1.165) is 18.1 Å². The van der Waals surface area contributed by atoms with Crippen LogP contribution < -0.4 is 10.1 Å². The SMILES string of the molecule is CN=C(NCCOc1ncccc1F)N1CCOC(c2cnn(C)c2)C1.I. The Morgan fingerprint density at radius 2 is 2.37 bits per heavy atom. The van der Waals surface area contributed by atoms with Crippen molar-refractivity contribution in [1.29, 1.82) is 0 Å². The zero-order valence-electron chi connectivity index (χ0n) is 15.3. The summed E-state index contributed by atoms with van der Waals surface area (Å²) >= 11 is 0. The van der Waals surface area contributed by atoms with Gasteiger partial charge < -0.3 is 19.7 Å². The van der Waals surface area contributed by atoms with E-state index in [4.69, 9.17) is 9.47 Å². The van der Waals surface area contributed by atoms with E-state index < -0.39 is 5.82 Å². The van der Waals surface area contributed by atoms with Gasteiger partial charge in [0, 0.05) is 38.6 Å². The maximum Gasteiger partial charge on any atom is 0.250 e. The van der Waals surface area contributed by atoms with E-state index in [9.17, 15) is 4.39 Å². The van der Waals surface area contributed by atoms with Crippen LogP contribution in [0.3, 0.4) is 0 Å². The monoisotopic (exact) mass is 490 g/mol. The number of ether oxygens (including phenoxy) is 2. The van der Waals surface area contributed by atoms with Crippen molar-refractivity contribution >= 4 is 29.9 Å². The Labute approximate surface area is 174 Å². The molecule has 0 radical (unpaired) electrons. The smallest absolute Gasteiger partial charge is 0.250 e. The first kappa shape index (κ1) is 21.4. The van der Waals surface area contributed by atoms with E-state index in [2.05, 4.69) is 25.3 Å². The summed E-state index contributed by atoms with van der Waals surface area (Å²) < 4.78 is 26.4. The molecule has 148 valence electrons. The zero-order valence-corrected chi connectivity index (χ0v) is 17.7. The Kier molecular flexibility index (Phi) is 8.23. The number of nitrogens with zero attached hydrogens (tertiary/aromatic N) is 5. The lowest BCUT2D eigenvalue weighted by Crippen LogP contribution is -2.48. The molecule has 2 aromatic heterocycles. The molecule has 0 aromatic carbocycles. The Balaban J connectivity index is 0.00000261. The summed E-state index contributed by atoms with van der Waals surface area (Å²) in [4.78, 5) is 10.3. The van der Waals surface area contributed by atoms with E-state index >= 15 is 0 Å². The highest BCUT2D eigenvalue weighted by atomic mass is 127. The number of pyridine rings is 1. The van der Waals surface area contributed by atoms with Crippen LogP contribution in [0, 0.1) is 5.82 Å². The molecule has 0 bridgehead atoms. The second-order valence-corrected chi connectivity index (χ2v) is 5.87. The van der Waals surface area contributed by atoms with Gasteiger partial charge in [0.05, 0.1) is 25.9 Å². The summed E-state index contributed by atoms with van der Waals surface area (Å²) in [5.41, 5.74) is 1.04. The van der Waals surface area contributed by atoms with Crippen molar-refractivity contribution in [3.63, 3.8) is 0 Å². The van der Waals surface area contributed by atoms with Gasteiger partial charge >= 0.3 is 0 Å². The van der Waals surface area contributed by atoms with Crippen LogP contribution in [0.15, 0.2) is 35.7 Å². The summed E-state index contributed by atoms with van der Waals surface area (Å²) in [5, 5.41) is 7.43. The molecule has 3 heterocycles. The first-order valence-corrected chi connectivity index (χ1v) is 8.46. The molecule has 0 saturated carbocycles. The Bertz CT molecular complexity index is 757. The highest BCUT2D eigenvalue weighted by Gasteiger charge is 2.25. The van der Waals surface area contributed by atoms with Gasteiger partial charge in [-0.1, -0.05) is 0 Å². The van der Waals surface area contributed by atoms with Crippen molar-refractivity contribution < 1.29 is 13.9 Å². The molecule has 3 rings (SSSR count). The van der Waals surface area contributed by atoms with E-state index in [1.165, 1.54) is 18.3 Å². The molecule has 0 spiro atoms. The predicted molar refractivity (Wildman–Crippen MR) is 110 cm³/mol. The number of hydrogen-bond acceptors (Lipinski definition) is 5. The first-order chi connectivity index (χ1) is 12.7. The average Bonchev–Trinajstić information content (AvgIpc) is 3.10. The Hall–Kier alpha value is -1.95. The maximum atomic E-state index is 13.5. The molecule has 1 atom stereocenters. The molecule has 1 aliphatic heterocycles. The lowest BCUT2D eigenvalue weighted by molar-refractivity contribution is -0.00806. The number of aromatic nitrogens is 3. The number of nitrogens with one attached hydrogen (secondary N) is 1. The summed E-state index contributed by atoms with van der Waals surface area (Å²) in [6, 6.07) is 2.85. The van der Waals surface area contributed by atoms with E-state index in [1.54, 1.807) is 11.7 Å². The van der Waals surface area contributed by atoms with Crippen molar-refractivity contribution in [2.24, 2.45) is 12.0 Å². The quantitative estimate of drug-likeness (QED) is 0.297. The van der Waals surface area contributed by atoms with Gasteiger partial charge in [-0.15, -0.1) is 24.0 Å². The number of aliphatic imine (C=N–C) groups is 1. The third-order valence-corrected chi connectivity index (χ3v) is 4.02. The minimum atomic E-state index is -0.468. The molecule has 10 heteroatoms. The van der Waals surface area contributed by atoms with Crippen LogP contribution in [0.5, 0.6) is 5.88 Å². The van der Waals surface area contributed by atoms with Crippen molar-refractivity contribution in [2.75, 3.05) is 39.9 Å². The van der Waals surface area contributed by atoms with Gasteiger partial charge in [-0.25, -0.2) is 9.37 Å². The molecule has 1 unspecified atom stereocenters. The second kappa shape index (κ2) is 10.4. The molecule has 27 heavy (non-hydrogen) atoms. The molecule has 1 N–H and O–H groups in total. The van der Waals surface area contributed by atoms with Crippen LogP contribution in [0.25, 0.3) is 0 Å². The van der Waals surface area contributed by atoms with E-state index in [-0.39, 0.29) is 42.6 Å². The molecule has 1 aliphatic rings. The van der Waals surface area contributed by atoms with Gasteiger partial charge in [-0.05, 0) is 12.1 Å². The molecule has 1 fully saturated rings. The topological polar surface area (TPSA) is 76.8 Å². The maximum absolute atomic E-state index is 13.5. The minimum Gasteiger partial charge on any atom is -0.474 e. The molecular weight excluding hydrogens is 466 g/mol. The normalized spacial score (nSPS) is 17.4. The van der Waals surface area contributed by atoms with Crippen molar-refractivity contribution in [3.8, 4) is 5.88 Å². The Morgan fingerprint density at radius 3 is 3.07 bits per heavy atom. The number of guanidine groups is 1. The van der Waals surface area contributed by atoms with Gasteiger partial charge in [0.15, 0.2) is 11.8 Å². The minimum absolute atomic E-state index is 0. The van der Waals surface area contributed by atoms with Crippen LogP contribution in [0.2, 0.25) is 0 Å². The molecule has 1 saturated heterocycles. The standard InChI is InChI=1S/C17H23FN6O2.HI/c1-19-17(21-6-8-26-16-14(18)4-3-5-20-16)24-7-9-25-15(12-24)13-10-22-23(2)11-13;/h3-5,10-11,15H,6-9,12H2,1-2H3,(H,19,21);1H. The fourth-order valence-corrected chi connectivity index (χ4v) is 2.77. The predicted octanol–water partition coefficient (Wildman–Crippen LogP) is 1.60. The summed E-state index contributed by atoms with van der Waals surface area (Å²) in [6.45, 7) is 2.80. The van der Waals surface area contributed by atoms with Crippen molar-refractivity contribution in [2.45, 2.75) is 6.10 Å². The summed E-state index contributed by atoms with van der Waals surface area (Å²) in [5.74, 6) is 0.295. The molecule has 0 amide bonds. The largest absolute Gasteiger partial charge is 0.474 e. The second-order valence-electron chi connectivity index (χ2n) is 5.87. The number of halogens is 2. The number of hydrogen-bond donors (Lipinski definition) is 1. The van der Waals surface area contributed by atoms with E-state index in [1.807, 2.05) is 19.4 Å². The van der Waals surface area contributed by atoms with Crippen LogP contribution >= 0.6 is 24.0 Å². The third-order valence-electron chi connectivity index (χ3n) is 4.02. The zero-order chi connectivity index (χ0) is 18.4. The fourth-order valence-electron chi connectivity index (χ4n) is 2.77. The van der Waals surface area contributed by atoms with Gasteiger partial charge in [0.2, 0.25) is 5.88 Å². The Morgan fingerprint density at radius 1 is 1.52 bits per heavy atom. The van der Waals surface area contributed by atoms with Gasteiger partial charge in [0.25, 0.3) is 0 Å². The van der Waals surface area contributed by atoms with Crippen LogP contribution in [-0.2, 0) is 11.8 Å². The highest BCUT2D eigenvalue weighted by Crippen LogP contribution is 2.21. The first-order valence-electron chi connectivity index (χ1n) is 8.46. The van der Waals surface area contributed by atoms with E-state index in [0.29, 0.717) is 19.7 Å². The third kappa shape index (κ3) is 5.76. The lowest BCUT2D eigenvalue weighted by atomic mass is 10.1. The van der Waals surface area contributed by atoms with Gasteiger partial charge in [-0.3, -0.25) is 9.67 Å². The highest BCUT2D eigenvalue weighted by molar-refractivity contribution is 14.0. The average molecular weight is 490 g/mol. The van der Waals surface area contributed by atoms with Crippen molar-refractivity contribution in [3.05, 3.63) is 42.1 Å². The summed E-state index contributed by atoms with van der Waals surface area (Å²) in [6.07, 6.45) is 5.23. The van der Waals surface area contributed by atoms with Gasteiger partial charge in [0.1, 0.15) is 12.7 Å². The number of morpholine rings is 1. The van der Waals surface area contributed by atoms with Crippen molar-refractivity contribution in [1.82, 2.24) is 25.0 Å². The van der Waals surface area contributed by atoms with Crippen LogP contribution in [0.4, 0.5) is 4.39 Å². The molecular formula is C17H24FIN6O2. The lowest BCUT2D eigenvalue weighted by Gasteiger charge is -2.34. The van der Waals surface area contributed by atoms with Crippen LogP contribution in [-0.4, -0.2) is 65.5 Å². The number of rotatable bonds is 5. The molecule has 0 aliphatic carbocycles. The molecule has 8 nitrogen and oxygen atoms in total. The molecule has 2 aromatic rings.